The Morgan fingerprint density at radius 2 is 2.18 bits per heavy atom. The van der Waals surface area contributed by atoms with Gasteiger partial charge in [-0.15, -0.1) is 11.3 Å². The van der Waals surface area contributed by atoms with Gasteiger partial charge < -0.3 is 25.2 Å². The summed E-state index contributed by atoms with van der Waals surface area (Å²) in [6.07, 6.45) is 3.38. The number of piperidine rings is 1. The number of amides is 1. The lowest BCUT2D eigenvalue weighted by Gasteiger charge is -2.34. The molecule has 0 saturated carbocycles. The van der Waals surface area contributed by atoms with Crippen LogP contribution in [0.15, 0.2) is 22.5 Å². The minimum absolute atomic E-state index is 0.00539. The molecule has 0 bridgehead atoms. The van der Waals surface area contributed by atoms with Gasteiger partial charge in [0.2, 0.25) is 5.91 Å². The number of nitrogens with zero attached hydrogens (tertiary/aromatic N) is 3. The lowest BCUT2D eigenvalue weighted by atomic mass is 10.0. The first-order chi connectivity index (χ1) is 13.6. The Morgan fingerprint density at radius 1 is 1.36 bits per heavy atom. The third-order valence-electron chi connectivity index (χ3n) is 5.35. The molecule has 7 nitrogen and oxygen atoms in total. The zero-order chi connectivity index (χ0) is 19.8. The number of rotatable bonds is 7. The molecule has 0 aromatic carbocycles. The van der Waals surface area contributed by atoms with Crippen LogP contribution in [0.1, 0.15) is 24.1 Å². The lowest BCUT2D eigenvalue weighted by Crippen LogP contribution is -2.49. The monoisotopic (exact) mass is 407 g/mol. The van der Waals surface area contributed by atoms with E-state index in [4.69, 9.17) is 4.74 Å². The van der Waals surface area contributed by atoms with E-state index in [0.717, 1.165) is 58.2 Å². The van der Waals surface area contributed by atoms with E-state index >= 15 is 0 Å². The Hall–Kier alpha value is -1.64. The maximum atomic E-state index is 11.9. The Kier molecular flexibility index (Phi) is 8.12. The molecule has 1 aromatic heterocycles. The van der Waals surface area contributed by atoms with Gasteiger partial charge in [-0.05, 0) is 36.6 Å². The summed E-state index contributed by atoms with van der Waals surface area (Å²) in [5, 5.41) is 9.00. The quantitative estimate of drug-likeness (QED) is 0.528. The van der Waals surface area contributed by atoms with Crippen molar-refractivity contribution in [3.05, 3.63) is 22.4 Å². The van der Waals surface area contributed by atoms with Crippen molar-refractivity contribution >= 4 is 23.2 Å². The summed E-state index contributed by atoms with van der Waals surface area (Å²) < 4.78 is 5.50. The second-order valence-electron chi connectivity index (χ2n) is 7.83. The van der Waals surface area contributed by atoms with Crippen LogP contribution >= 0.6 is 11.3 Å². The number of hydrogen-bond donors (Lipinski definition) is 2. The van der Waals surface area contributed by atoms with Gasteiger partial charge in [0.25, 0.3) is 0 Å². The van der Waals surface area contributed by atoms with E-state index in [0.29, 0.717) is 12.0 Å². The molecule has 0 spiro atoms. The Bertz CT molecular complexity index is 621. The van der Waals surface area contributed by atoms with Gasteiger partial charge in [-0.1, -0.05) is 6.07 Å². The van der Waals surface area contributed by atoms with E-state index < -0.39 is 0 Å². The van der Waals surface area contributed by atoms with Crippen molar-refractivity contribution in [1.29, 1.82) is 0 Å². The molecule has 3 rings (SSSR count). The van der Waals surface area contributed by atoms with Crippen LogP contribution in [0, 0.1) is 5.92 Å². The molecule has 2 N–H and O–H groups in total. The zero-order valence-electron chi connectivity index (χ0n) is 17.0. The van der Waals surface area contributed by atoms with Gasteiger partial charge in [-0.25, -0.2) is 4.99 Å². The van der Waals surface area contributed by atoms with E-state index in [-0.39, 0.29) is 12.5 Å². The molecular formula is C20H33N5O2S. The third kappa shape index (κ3) is 6.76. The molecule has 156 valence electrons. The van der Waals surface area contributed by atoms with Gasteiger partial charge in [-0.3, -0.25) is 4.79 Å². The highest BCUT2D eigenvalue weighted by atomic mass is 32.1. The van der Waals surface area contributed by atoms with Crippen molar-refractivity contribution in [2.45, 2.75) is 31.8 Å². The molecule has 28 heavy (non-hydrogen) atoms. The predicted octanol–water partition coefficient (Wildman–Crippen LogP) is 1.37. The molecule has 2 aliphatic heterocycles. The van der Waals surface area contributed by atoms with Crippen molar-refractivity contribution in [3.8, 4) is 0 Å². The summed E-state index contributed by atoms with van der Waals surface area (Å²) in [5.41, 5.74) is 0. The van der Waals surface area contributed by atoms with E-state index in [9.17, 15) is 4.79 Å². The number of aliphatic imine (C=N–C) groups is 1. The molecular weight excluding hydrogens is 374 g/mol. The number of likely N-dealkylation sites (tertiary alicyclic amines) is 1. The van der Waals surface area contributed by atoms with Crippen molar-refractivity contribution < 1.29 is 9.53 Å². The fourth-order valence-corrected chi connectivity index (χ4v) is 4.21. The molecule has 0 radical (unpaired) electrons. The molecule has 1 aromatic rings. The number of thiophene rings is 1. The smallest absolute Gasteiger partial charge is 0.243 e. The van der Waals surface area contributed by atoms with Crippen LogP contribution in [0.25, 0.3) is 0 Å². The normalized spacial score (nSPS) is 21.6. The summed E-state index contributed by atoms with van der Waals surface area (Å²) in [6, 6.07) is 4.54. The molecule has 1 amide bonds. The second kappa shape index (κ2) is 10.8. The fourth-order valence-electron chi connectivity index (χ4n) is 3.57. The summed E-state index contributed by atoms with van der Waals surface area (Å²) in [5.74, 6) is 1.43. The Balaban J connectivity index is 1.48. The van der Waals surface area contributed by atoms with E-state index in [2.05, 4.69) is 32.0 Å². The Morgan fingerprint density at radius 3 is 2.82 bits per heavy atom. The second-order valence-corrected chi connectivity index (χ2v) is 8.87. The minimum atomic E-state index is 0.00539. The van der Waals surface area contributed by atoms with Crippen LogP contribution in [-0.2, 0) is 16.1 Å². The fraction of sp³-hybridized carbons (Fsp3) is 0.700. The van der Waals surface area contributed by atoms with E-state index in [1.54, 1.807) is 30.3 Å². The number of carbonyl (C=O) groups excluding carboxylic acids is 1. The zero-order valence-corrected chi connectivity index (χ0v) is 17.8. The molecule has 3 heterocycles. The minimum Gasteiger partial charge on any atom is -0.381 e. The van der Waals surface area contributed by atoms with E-state index in [1.165, 1.54) is 11.3 Å². The third-order valence-corrected chi connectivity index (χ3v) is 6.23. The van der Waals surface area contributed by atoms with Crippen LogP contribution in [0.3, 0.4) is 0 Å². The Labute approximate surface area is 172 Å². The largest absolute Gasteiger partial charge is 0.381 e. The van der Waals surface area contributed by atoms with Crippen molar-refractivity contribution in [2.75, 3.05) is 53.5 Å². The molecule has 1 atom stereocenters. The molecule has 2 fully saturated rings. The number of nitrogens with one attached hydrogen (secondary N) is 2. The maximum absolute atomic E-state index is 11.9. The number of carbonyl (C=O) groups is 1. The number of likely N-dealkylation sites (N-methyl/N-ethyl adjacent to an activating group) is 1. The predicted molar refractivity (Wildman–Crippen MR) is 114 cm³/mol. The molecule has 0 aliphatic carbocycles. The highest BCUT2D eigenvalue weighted by Crippen LogP contribution is 2.17. The highest BCUT2D eigenvalue weighted by molar-refractivity contribution is 7.09. The average molecular weight is 408 g/mol. The standard InChI is InChI=1S/C20H33N5O2S/c1-24(2)19(26)13-22-20(21-12-18-4-3-11-28-18)23-17-5-8-25(9-6-17)14-16-7-10-27-15-16/h3-4,11,16-17H,5-10,12-15H2,1-2H3,(H2,21,22,23). The van der Waals surface area contributed by atoms with Crippen LogP contribution in [0.5, 0.6) is 0 Å². The molecule has 2 saturated heterocycles. The first kappa shape index (κ1) is 21.1. The summed E-state index contributed by atoms with van der Waals surface area (Å²) in [7, 11) is 3.52. The summed E-state index contributed by atoms with van der Waals surface area (Å²) in [4.78, 5) is 21.8. The van der Waals surface area contributed by atoms with Gasteiger partial charge >= 0.3 is 0 Å². The highest BCUT2D eigenvalue weighted by Gasteiger charge is 2.24. The first-order valence-corrected chi connectivity index (χ1v) is 11.1. The van der Waals surface area contributed by atoms with Crippen molar-refractivity contribution in [3.63, 3.8) is 0 Å². The number of hydrogen-bond acceptors (Lipinski definition) is 5. The van der Waals surface area contributed by atoms with Gasteiger partial charge in [0.05, 0.1) is 13.2 Å². The van der Waals surface area contributed by atoms with Crippen LogP contribution in [-0.4, -0.2) is 81.2 Å². The topological polar surface area (TPSA) is 69.2 Å². The molecule has 2 aliphatic rings. The number of ether oxygens (including phenoxy) is 1. The number of guanidine groups is 1. The maximum Gasteiger partial charge on any atom is 0.243 e. The average Bonchev–Trinajstić information content (AvgIpc) is 3.39. The lowest BCUT2D eigenvalue weighted by molar-refractivity contribution is -0.127. The van der Waals surface area contributed by atoms with Crippen molar-refractivity contribution in [2.24, 2.45) is 10.9 Å². The van der Waals surface area contributed by atoms with Crippen molar-refractivity contribution in [1.82, 2.24) is 20.4 Å². The van der Waals surface area contributed by atoms with Gasteiger partial charge in [0.1, 0.15) is 6.54 Å². The summed E-state index contributed by atoms with van der Waals surface area (Å²) in [6.45, 7) is 6.08. The van der Waals surface area contributed by atoms with Crippen LogP contribution in [0.4, 0.5) is 0 Å². The molecule has 1 unspecified atom stereocenters. The SMILES string of the molecule is CN(C)C(=O)CN=C(NCc1cccs1)NC1CCN(CC2CCOC2)CC1. The summed E-state index contributed by atoms with van der Waals surface area (Å²) >= 11 is 1.72. The van der Waals surface area contributed by atoms with Gasteiger partial charge in [-0.2, -0.15) is 0 Å². The van der Waals surface area contributed by atoms with Crippen LogP contribution < -0.4 is 10.6 Å². The van der Waals surface area contributed by atoms with Gasteiger partial charge in [0, 0.05) is 51.3 Å². The first-order valence-electron chi connectivity index (χ1n) is 10.2. The van der Waals surface area contributed by atoms with Crippen LogP contribution in [0.2, 0.25) is 0 Å². The molecule has 8 heteroatoms. The van der Waals surface area contributed by atoms with E-state index in [1.807, 2.05) is 6.07 Å². The van der Waals surface area contributed by atoms with Gasteiger partial charge in [0.15, 0.2) is 5.96 Å².